The summed E-state index contributed by atoms with van der Waals surface area (Å²) in [5, 5.41) is 6.71. The highest BCUT2D eigenvalue weighted by Crippen LogP contribution is 2.17. The summed E-state index contributed by atoms with van der Waals surface area (Å²) in [6.45, 7) is 4.68. The second kappa shape index (κ2) is 10.2. The fourth-order valence-electron chi connectivity index (χ4n) is 1.65. The van der Waals surface area contributed by atoms with Crippen LogP contribution in [0.1, 0.15) is 25.5 Å². The minimum atomic E-state index is -0.574. The van der Waals surface area contributed by atoms with Crippen LogP contribution < -0.4 is 10.6 Å². The van der Waals surface area contributed by atoms with Gasteiger partial charge in [-0.25, -0.2) is 8.78 Å². The molecular weight excluding hydrogens is 407 g/mol. The summed E-state index contributed by atoms with van der Waals surface area (Å²) >= 11 is 1.75. The van der Waals surface area contributed by atoms with Gasteiger partial charge < -0.3 is 10.6 Å². The van der Waals surface area contributed by atoms with E-state index in [1.165, 1.54) is 12.1 Å². The molecular formula is C14H22F2IN3S. The third kappa shape index (κ3) is 6.82. The quantitative estimate of drug-likeness (QED) is 0.427. The second-order valence-corrected chi connectivity index (χ2v) is 5.81. The number of rotatable bonds is 5. The number of hydrogen-bond donors (Lipinski definition) is 2. The summed E-state index contributed by atoms with van der Waals surface area (Å²) < 4.78 is 26.6. The highest BCUT2D eigenvalue weighted by atomic mass is 127. The van der Waals surface area contributed by atoms with Gasteiger partial charge in [-0.3, -0.25) is 4.99 Å². The Labute approximate surface area is 146 Å². The van der Waals surface area contributed by atoms with Crippen molar-refractivity contribution in [2.75, 3.05) is 19.8 Å². The van der Waals surface area contributed by atoms with Crippen LogP contribution in [0.4, 0.5) is 8.78 Å². The third-order valence-electron chi connectivity index (χ3n) is 2.97. The summed E-state index contributed by atoms with van der Waals surface area (Å²) in [6.07, 6.45) is 2.04. The molecule has 0 saturated heterocycles. The van der Waals surface area contributed by atoms with E-state index in [1.807, 2.05) is 6.26 Å². The molecule has 120 valence electrons. The van der Waals surface area contributed by atoms with Gasteiger partial charge in [-0.05, 0) is 19.2 Å². The molecule has 0 aromatic heterocycles. The number of nitrogens with zero attached hydrogens (tertiary/aromatic N) is 1. The largest absolute Gasteiger partial charge is 0.355 e. The minimum Gasteiger partial charge on any atom is -0.355 e. The van der Waals surface area contributed by atoms with Gasteiger partial charge in [-0.15, -0.1) is 24.0 Å². The third-order valence-corrected chi connectivity index (χ3v) is 3.94. The number of hydrogen-bond acceptors (Lipinski definition) is 2. The number of nitrogens with one attached hydrogen (secondary N) is 2. The second-order valence-electron chi connectivity index (χ2n) is 4.53. The van der Waals surface area contributed by atoms with Gasteiger partial charge in [0.05, 0.1) is 6.04 Å². The molecule has 0 amide bonds. The molecule has 0 aliphatic heterocycles. The molecule has 21 heavy (non-hydrogen) atoms. The molecule has 0 fully saturated rings. The highest BCUT2D eigenvalue weighted by Gasteiger charge is 2.13. The molecule has 1 aromatic rings. The van der Waals surface area contributed by atoms with E-state index in [-0.39, 0.29) is 30.0 Å². The average Bonchev–Trinajstić information content (AvgIpc) is 2.42. The van der Waals surface area contributed by atoms with Gasteiger partial charge in [0.2, 0.25) is 0 Å². The number of halogens is 3. The lowest BCUT2D eigenvalue weighted by Crippen LogP contribution is -2.41. The van der Waals surface area contributed by atoms with Crippen molar-refractivity contribution >= 4 is 41.7 Å². The van der Waals surface area contributed by atoms with Crippen LogP contribution in [0, 0.1) is 11.6 Å². The summed E-state index contributed by atoms with van der Waals surface area (Å²) in [6, 6.07) is 3.29. The Hall–Kier alpha value is -0.570. The van der Waals surface area contributed by atoms with Crippen LogP contribution in [-0.4, -0.2) is 31.1 Å². The standard InChI is InChI=1S/C14H21F2N3S.HI/c1-9(20-4)8-18-14(17-3)19-10(2)12-6-5-11(15)7-13(12)16;/h5-7,9-10H,8H2,1-4H3,(H2,17,18,19);1H. The lowest BCUT2D eigenvalue weighted by molar-refractivity contribution is 0.551. The lowest BCUT2D eigenvalue weighted by Gasteiger charge is -2.20. The first kappa shape index (κ1) is 20.4. The van der Waals surface area contributed by atoms with Crippen LogP contribution in [0.3, 0.4) is 0 Å². The zero-order valence-corrected chi connectivity index (χ0v) is 15.8. The Kier molecular flexibility index (Phi) is 9.93. The fraction of sp³-hybridized carbons (Fsp3) is 0.500. The van der Waals surface area contributed by atoms with Crippen molar-refractivity contribution < 1.29 is 8.78 Å². The van der Waals surface area contributed by atoms with Crippen LogP contribution in [-0.2, 0) is 0 Å². The van der Waals surface area contributed by atoms with Crippen molar-refractivity contribution in [2.24, 2.45) is 4.99 Å². The van der Waals surface area contributed by atoms with E-state index in [0.29, 0.717) is 16.8 Å². The van der Waals surface area contributed by atoms with Crippen molar-refractivity contribution in [1.82, 2.24) is 10.6 Å². The van der Waals surface area contributed by atoms with Crippen LogP contribution in [0.2, 0.25) is 0 Å². The smallest absolute Gasteiger partial charge is 0.191 e. The fourth-order valence-corrected chi connectivity index (χ4v) is 1.90. The Bertz CT molecular complexity index is 472. The summed E-state index contributed by atoms with van der Waals surface area (Å²) in [7, 11) is 1.66. The predicted octanol–water partition coefficient (Wildman–Crippen LogP) is 3.56. The van der Waals surface area contributed by atoms with E-state index in [4.69, 9.17) is 0 Å². The van der Waals surface area contributed by atoms with E-state index in [2.05, 4.69) is 22.5 Å². The molecule has 7 heteroatoms. The first-order valence-electron chi connectivity index (χ1n) is 6.42. The highest BCUT2D eigenvalue weighted by molar-refractivity contribution is 14.0. The Balaban J connectivity index is 0.00000400. The van der Waals surface area contributed by atoms with Gasteiger partial charge in [-0.2, -0.15) is 11.8 Å². The van der Waals surface area contributed by atoms with Gasteiger partial charge >= 0.3 is 0 Å². The number of benzene rings is 1. The van der Waals surface area contributed by atoms with Crippen LogP contribution >= 0.6 is 35.7 Å². The predicted molar refractivity (Wildman–Crippen MR) is 97.7 cm³/mol. The van der Waals surface area contributed by atoms with E-state index in [0.717, 1.165) is 12.6 Å². The van der Waals surface area contributed by atoms with Gasteiger partial charge in [-0.1, -0.05) is 13.0 Å². The minimum absolute atomic E-state index is 0. The van der Waals surface area contributed by atoms with Crippen molar-refractivity contribution in [3.8, 4) is 0 Å². The zero-order valence-electron chi connectivity index (χ0n) is 12.6. The van der Waals surface area contributed by atoms with Crippen LogP contribution in [0.5, 0.6) is 0 Å². The van der Waals surface area contributed by atoms with Crippen molar-refractivity contribution in [1.29, 1.82) is 0 Å². The van der Waals surface area contributed by atoms with Crippen LogP contribution in [0.25, 0.3) is 0 Å². The molecule has 2 unspecified atom stereocenters. The topological polar surface area (TPSA) is 36.4 Å². The first-order chi connectivity index (χ1) is 9.47. The maximum absolute atomic E-state index is 13.7. The number of thioether (sulfide) groups is 1. The number of aliphatic imine (C=N–C) groups is 1. The van der Waals surface area contributed by atoms with E-state index in [1.54, 1.807) is 25.7 Å². The van der Waals surface area contributed by atoms with Gasteiger partial charge in [0, 0.05) is 30.5 Å². The molecule has 1 aromatic carbocycles. The monoisotopic (exact) mass is 429 g/mol. The van der Waals surface area contributed by atoms with E-state index < -0.39 is 11.6 Å². The first-order valence-corrected chi connectivity index (χ1v) is 7.71. The molecule has 0 radical (unpaired) electrons. The van der Waals surface area contributed by atoms with Crippen molar-refractivity contribution in [3.05, 3.63) is 35.4 Å². The molecule has 2 atom stereocenters. The summed E-state index contributed by atoms with van der Waals surface area (Å²) in [5.41, 5.74) is 0.410. The normalized spacial score (nSPS) is 14.1. The zero-order chi connectivity index (χ0) is 15.1. The Morgan fingerprint density at radius 1 is 1.33 bits per heavy atom. The van der Waals surface area contributed by atoms with E-state index in [9.17, 15) is 8.78 Å². The van der Waals surface area contributed by atoms with Gasteiger partial charge in [0.15, 0.2) is 5.96 Å². The maximum Gasteiger partial charge on any atom is 0.191 e. The van der Waals surface area contributed by atoms with Crippen molar-refractivity contribution in [2.45, 2.75) is 25.1 Å². The molecule has 0 spiro atoms. The van der Waals surface area contributed by atoms with Gasteiger partial charge in [0.1, 0.15) is 11.6 Å². The molecule has 0 aliphatic carbocycles. The SMILES string of the molecule is CN=C(NCC(C)SC)NC(C)c1ccc(F)cc1F.I. The van der Waals surface area contributed by atoms with Crippen LogP contribution in [0.15, 0.2) is 23.2 Å². The maximum atomic E-state index is 13.7. The Morgan fingerprint density at radius 2 is 2.00 bits per heavy atom. The molecule has 2 N–H and O–H groups in total. The molecule has 0 heterocycles. The van der Waals surface area contributed by atoms with Gasteiger partial charge in [0.25, 0.3) is 0 Å². The molecule has 0 saturated carbocycles. The summed E-state index contributed by atoms with van der Waals surface area (Å²) in [4.78, 5) is 4.10. The Morgan fingerprint density at radius 3 is 2.52 bits per heavy atom. The molecule has 0 bridgehead atoms. The van der Waals surface area contributed by atoms with E-state index >= 15 is 0 Å². The average molecular weight is 429 g/mol. The molecule has 3 nitrogen and oxygen atoms in total. The lowest BCUT2D eigenvalue weighted by atomic mass is 10.1. The number of guanidine groups is 1. The van der Waals surface area contributed by atoms with Crippen molar-refractivity contribution in [3.63, 3.8) is 0 Å². The summed E-state index contributed by atoms with van der Waals surface area (Å²) in [5.74, 6) is -0.533. The molecule has 0 aliphatic rings. The molecule has 1 rings (SSSR count).